The number of benzene rings is 1. The number of non-ortho nitro benzene ring substituents is 1. The van der Waals surface area contributed by atoms with Crippen molar-refractivity contribution in [1.82, 2.24) is 15.0 Å². The highest BCUT2D eigenvalue weighted by atomic mass is 16.6. The number of aryl methyl sites for hydroxylation is 1. The van der Waals surface area contributed by atoms with Crippen LogP contribution in [0.25, 0.3) is 11.3 Å². The van der Waals surface area contributed by atoms with Crippen LogP contribution in [0.3, 0.4) is 0 Å². The summed E-state index contributed by atoms with van der Waals surface area (Å²) in [6, 6.07) is 6.44. The van der Waals surface area contributed by atoms with Crippen molar-refractivity contribution in [3.8, 4) is 11.3 Å². The van der Waals surface area contributed by atoms with Crippen molar-refractivity contribution in [2.45, 2.75) is 32.7 Å². The van der Waals surface area contributed by atoms with Crippen molar-refractivity contribution < 1.29 is 4.92 Å². The minimum Gasteiger partial charge on any atom is -0.258 e. The summed E-state index contributed by atoms with van der Waals surface area (Å²) in [6.07, 6.45) is 5.21. The Morgan fingerprint density at radius 3 is 2.95 bits per heavy atom. The van der Waals surface area contributed by atoms with E-state index in [9.17, 15) is 10.1 Å². The minimum atomic E-state index is -0.408. The average molecular weight is 260 g/mol. The third kappa shape index (κ3) is 3.37. The van der Waals surface area contributed by atoms with E-state index in [2.05, 4.69) is 17.2 Å². The average Bonchev–Trinajstić information content (AvgIpc) is 2.88. The van der Waals surface area contributed by atoms with E-state index in [1.54, 1.807) is 16.8 Å². The molecule has 0 amide bonds. The van der Waals surface area contributed by atoms with E-state index < -0.39 is 4.92 Å². The van der Waals surface area contributed by atoms with Crippen molar-refractivity contribution >= 4 is 5.69 Å². The highest BCUT2D eigenvalue weighted by Gasteiger charge is 2.09. The van der Waals surface area contributed by atoms with Crippen LogP contribution in [0.15, 0.2) is 30.5 Å². The molecule has 0 unspecified atom stereocenters. The van der Waals surface area contributed by atoms with E-state index >= 15 is 0 Å². The first-order valence-corrected chi connectivity index (χ1v) is 6.35. The summed E-state index contributed by atoms with van der Waals surface area (Å²) < 4.78 is 1.78. The summed E-state index contributed by atoms with van der Waals surface area (Å²) in [5.41, 5.74) is 1.45. The van der Waals surface area contributed by atoms with Gasteiger partial charge in [-0.2, -0.15) is 0 Å². The van der Waals surface area contributed by atoms with E-state index in [4.69, 9.17) is 0 Å². The summed E-state index contributed by atoms with van der Waals surface area (Å²) in [5.74, 6) is 0. The first-order valence-electron chi connectivity index (χ1n) is 6.35. The van der Waals surface area contributed by atoms with Gasteiger partial charge in [-0.1, -0.05) is 37.1 Å². The molecule has 0 atom stereocenters. The minimum absolute atomic E-state index is 0.0676. The summed E-state index contributed by atoms with van der Waals surface area (Å²) in [7, 11) is 0. The lowest BCUT2D eigenvalue weighted by atomic mass is 10.1. The molecule has 0 bridgehead atoms. The summed E-state index contributed by atoms with van der Waals surface area (Å²) in [5, 5.41) is 18.8. The summed E-state index contributed by atoms with van der Waals surface area (Å²) in [6.45, 7) is 2.98. The van der Waals surface area contributed by atoms with Gasteiger partial charge in [0.25, 0.3) is 5.69 Å². The van der Waals surface area contributed by atoms with Crippen LogP contribution in [0.4, 0.5) is 5.69 Å². The molecule has 0 spiro atoms. The lowest BCUT2D eigenvalue weighted by molar-refractivity contribution is -0.384. The van der Waals surface area contributed by atoms with Crippen molar-refractivity contribution in [2.75, 3.05) is 0 Å². The fourth-order valence-corrected chi connectivity index (χ4v) is 1.84. The van der Waals surface area contributed by atoms with E-state index in [1.807, 2.05) is 6.20 Å². The van der Waals surface area contributed by atoms with Crippen LogP contribution in [0.5, 0.6) is 0 Å². The van der Waals surface area contributed by atoms with Crippen molar-refractivity contribution in [2.24, 2.45) is 0 Å². The van der Waals surface area contributed by atoms with Crippen LogP contribution in [0.2, 0.25) is 0 Å². The highest BCUT2D eigenvalue weighted by molar-refractivity contribution is 5.61. The molecule has 0 saturated heterocycles. The van der Waals surface area contributed by atoms with Gasteiger partial charge < -0.3 is 0 Å². The predicted octanol–water partition coefficient (Wildman–Crippen LogP) is 3.04. The Labute approximate surface area is 111 Å². The van der Waals surface area contributed by atoms with Gasteiger partial charge in [0.15, 0.2) is 0 Å². The molecule has 0 saturated carbocycles. The van der Waals surface area contributed by atoms with E-state index in [0.29, 0.717) is 5.69 Å². The van der Waals surface area contributed by atoms with Gasteiger partial charge in [0, 0.05) is 24.2 Å². The topological polar surface area (TPSA) is 73.8 Å². The second kappa shape index (κ2) is 6.08. The Hall–Kier alpha value is -2.24. The Morgan fingerprint density at radius 1 is 1.37 bits per heavy atom. The molecule has 2 aromatic rings. The monoisotopic (exact) mass is 260 g/mol. The number of rotatable bonds is 6. The molecule has 19 heavy (non-hydrogen) atoms. The number of nitrogens with zero attached hydrogens (tertiary/aromatic N) is 4. The first-order chi connectivity index (χ1) is 9.20. The van der Waals surface area contributed by atoms with Crippen LogP contribution in [-0.4, -0.2) is 19.9 Å². The van der Waals surface area contributed by atoms with Gasteiger partial charge in [0.2, 0.25) is 0 Å². The zero-order valence-corrected chi connectivity index (χ0v) is 10.8. The SMILES string of the molecule is CCCCCn1cc(-c2cccc([N+](=O)[O-])c2)nn1. The second-order valence-corrected chi connectivity index (χ2v) is 4.38. The van der Waals surface area contributed by atoms with Crippen molar-refractivity contribution in [3.63, 3.8) is 0 Å². The number of unbranched alkanes of at least 4 members (excludes halogenated alkanes) is 2. The zero-order valence-electron chi connectivity index (χ0n) is 10.8. The Balaban J connectivity index is 2.13. The van der Waals surface area contributed by atoms with Crippen LogP contribution in [0.1, 0.15) is 26.2 Å². The third-order valence-electron chi connectivity index (χ3n) is 2.88. The van der Waals surface area contributed by atoms with Gasteiger partial charge >= 0.3 is 0 Å². The Morgan fingerprint density at radius 2 is 2.21 bits per heavy atom. The molecular weight excluding hydrogens is 244 g/mol. The summed E-state index contributed by atoms with van der Waals surface area (Å²) >= 11 is 0. The normalized spacial score (nSPS) is 10.6. The number of hydrogen-bond donors (Lipinski definition) is 0. The summed E-state index contributed by atoms with van der Waals surface area (Å²) in [4.78, 5) is 10.3. The van der Waals surface area contributed by atoms with Gasteiger partial charge in [0.1, 0.15) is 5.69 Å². The quantitative estimate of drug-likeness (QED) is 0.454. The highest BCUT2D eigenvalue weighted by Crippen LogP contribution is 2.21. The molecule has 1 aromatic heterocycles. The number of nitro benzene ring substituents is 1. The van der Waals surface area contributed by atoms with Crippen LogP contribution < -0.4 is 0 Å². The van der Waals surface area contributed by atoms with E-state index in [1.165, 1.54) is 12.1 Å². The predicted molar refractivity (Wildman–Crippen MR) is 71.6 cm³/mol. The smallest absolute Gasteiger partial charge is 0.258 e. The molecule has 1 heterocycles. The Kier molecular flexibility index (Phi) is 4.22. The number of aromatic nitrogens is 3. The fourth-order valence-electron chi connectivity index (χ4n) is 1.84. The molecular formula is C13H16N4O2. The van der Waals surface area contributed by atoms with Gasteiger partial charge in [-0.3, -0.25) is 14.8 Å². The van der Waals surface area contributed by atoms with Gasteiger partial charge in [-0.05, 0) is 6.42 Å². The lowest BCUT2D eigenvalue weighted by Gasteiger charge is -1.98. The fraction of sp³-hybridized carbons (Fsp3) is 0.385. The first kappa shape index (κ1) is 13.2. The Bertz CT molecular complexity index is 565. The maximum atomic E-state index is 10.7. The molecule has 0 aliphatic rings. The number of nitro groups is 1. The lowest BCUT2D eigenvalue weighted by Crippen LogP contribution is -1.98. The molecule has 0 aliphatic heterocycles. The largest absolute Gasteiger partial charge is 0.270 e. The van der Waals surface area contributed by atoms with Crippen LogP contribution in [-0.2, 0) is 6.54 Å². The molecule has 100 valence electrons. The van der Waals surface area contributed by atoms with Crippen molar-refractivity contribution in [1.29, 1.82) is 0 Å². The number of hydrogen-bond acceptors (Lipinski definition) is 4. The van der Waals surface area contributed by atoms with Crippen molar-refractivity contribution in [3.05, 3.63) is 40.6 Å². The van der Waals surface area contributed by atoms with E-state index in [-0.39, 0.29) is 5.69 Å². The molecule has 2 rings (SSSR count). The molecule has 6 nitrogen and oxygen atoms in total. The zero-order chi connectivity index (χ0) is 13.7. The van der Waals surface area contributed by atoms with Crippen LogP contribution in [0, 0.1) is 10.1 Å². The maximum absolute atomic E-state index is 10.7. The molecule has 0 fully saturated rings. The van der Waals surface area contributed by atoms with Gasteiger partial charge in [-0.15, -0.1) is 5.10 Å². The maximum Gasteiger partial charge on any atom is 0.270 e. The van der Waals surface area contributed by atoms with E-state index in [0.717, 1.165) is 31.4 Å². The van der Waals surface area contributed by atoms with Gasteiger partial charge in [0.05, 0.1) is 11.1 Å². The molecule has 0 aliphatic carbocycles. The second-order valence-electron chi connectivity index (χ2n) is 4.38. The molecule has 6 heteroatoms. The van der Waals surface area contributed by atoms with Crippen LogP contribution >= 0.6 is 0 Å². The molecule has 1 aromatic carbocycles. The third-order valence-corrected chi connectivity index (χ3v) is 2.88. The molecule has 0 radical (unpaired) electrons. The molecule has 0 N–H and O–H groups in total. The standard InChI is InChI=1S/C13H16N4O2/c1-2-3-4-8-16-10-13(14-15-16)11-6-5-7-12(9-11)17(18)19/h5-7,9-10H,2-4,8H2,1H3. The van der Waals surface area contributed by atoms with Gasteiger partial charge in [-0.25, -0.2) is 0 Å².